The van der Waals surface area contributed by atoms with Crippen molar-refractivity contribution in [3.63, 3.8) is 0 Å². The van der Waals surface area contributed by atoms with E-state index in [0.29, 0.717) is 38.8 Å². The highest BCUT2D eigenvalue weighted by Crippen LogP contribution is 2.31. The average Bonchev–Trinajstić information content (AvgIpc) is 2.51. The molecule has 0 atom stereocenters. The van der Waals surface area contributed by atoms with Crippen LogP contribution in [0.5, 0.6) is 0 Å². The first-order valence-electron chi connectivity index (χ1n) is 8.07. The zero-order chi connectivity index (χ0) is 15.8. The average molecular weight is 299 g/mol. The molecule has 0 heterocycles. The Kier molecular flexibility index (Phi) is 7.72. The molecular formula is C16H29NO4. The summed E-state index contributed by atoms with van der Waals surface area (Å²) in [6, 6.07) is 0.254. The summed E-state index contributed by atoms with van der Waals surface area (Å²) in [5.41, 5.74) is 0. The summed E-state index contributed by atoms with van der Waals surface area (Å²) in [4.78, 5) is 25.7. The van der Waals surface area contributed by atoms with Gasteiger partial charge in [0.05, 0.1) is 12.5 Å². The molecule has 0 aromatic carbocycles. The van der Waals surface area contributed by atoms with Crippen LogP contribution >= 0.6 is 0 Å². The van der Waals surface area contributed by atoms with Crippen molar-refractivity contribution in [3.05, 3.63) is 0 Å². The Balaban J connectivity index is 2.65. The molecule has 1 N–H and O–H groups in total. The van der Waals surface area contributed by atoms with Crippen molar-refractivity contribution in [1.82, 2.24) is 4.90 Å². The van der Waals surface area contributed by atoms with Gasteiger partial charge in [0, 0.05) is 25.6 Å². The first kappa shape index (κ1) is 18.0. The molecule has 0 bridgehead atoms. The van der Waals surface area contributed by atoms with Crippen LogP contribution in [0.3, 0.4) is 0 Å². The van der Waals surface area contributed by atoms with E-state index in [1.54, 1.807) is 7.11 Å². The summed E-state index contributed by atoms with van der Waals surface area (Å²) in [7, 11) is 1.65. The van der Waals surface area contributed by atoms with E-state index in [1.807, 2.05) is 4.90 Å². The van der Waals surface area contributed by atoms with Gasteiger partial charge in [0.2, 0.25) is 5.91 Å². The third-order valence-electron chi connectivity index (χ3n) is 4.63. The molecule has 1 aliphatic rings. The van der Waals surface area contributed by atoms with Gasteiger partial charge in [0.25, 0.3) is 0 Å². The van der Waals surface area contributed by atoms with Crippen LogP contribution in [0.4, 0.5) is 0 Å². The Bertz CT molecular complexity index is 333. The van der Waals surface area contributed by atoms with Crippen LogP contribution in [0.2, 0.25) is 0 Å². The molecule has 0 radical (unpaired) electrons. The standard InChI is InChI=1S/C16H29NO4/c1-4-14(5-2)17(10-11-21-3)15(18)12-6-8-13(9-7-12)16(19)20/h12-14H,4-11H2,1-3H3,(H,19,20). The fraction of sp³-hybridized carbons (Fsp3) is 0.875. The molecule has 5 heteroatoms. The van der Waals surface area contributed by atoms with Gasteiger partial charge in [0.15, 0.2) is 0 Å². The molecule has 5 nitrogen and oxygen atoms in total. The number of amides is 1. The van der Waals surface area contributed by atoms with E-state index in [2.05, 4.69) is 13.8 Å². The molecule has 122 valence electrons. The van der Waals surface area contributed by atoms with Gasteiger partial charge in [-0.05, 0) is 38.5 Å². The minimum absolute atomic E-state index is 0.0157. The van der Waals surface area contributed by atoms with Crippen LogP contribution in [-0.2, 0) is 14.3 Å². The van der Waals surface area contributed by atoms with Gasteiger partial charge in [-0.15, -0.1) is 0 Å². The monoisotopic (exact) mass is 299 g/mol. The minimum Gasteiger partial charge on any atom is -0.481 e. The minimum atomic E-state index is -0.725. The lowest BCUT2D eigenvalue weighted by Gasteiger charge is -2.35. The molecule has 21 heavy (non-hydrogen) atoms. The van der Waals surface area contributed by atoms with Crippen LogP contribution in [-0.4, -0.2) is 48.2 Å². The SMILES string of the molecule is CCC(CC)N(CCOC)C(=O)C1CCC(C(=O)O)CC1. The maximum Gasteiger partial charge on any atom is 0.306 e. The number of hydrogen-bond donors (Lipinski definition) is 1. The normalized spacial score (nSPS) is 22.3. The fourth-order valence-electron chi connectivity index (χ4n) is 3.21. The highest BCUT2D eigenvalue weighted by Gasteiger charge is 2.33. The summed E-state index contributed by atoms with van der Waals surface area (Å²) in [6.45, 7) is 5.37. The smallest absolute Gasteiger partial charge is 0.306 e. The van der Waals surface area contributed by atoms with Crippen molar-refractivity contribution in [1.29, 1.82) is 0 Å². The van der Waals surface area contributed by atoms with Crippen molar-refractivity contribution in [2.75, 3.05) is 20.3 Å². The van der Waals surface area contributed by atoms with E-state index in [1.165, 1.54) is 0 Å². The topological polar surface area (TPSA) is 66.8 Å². The molecule has 0 aromatic rings. The number of methoxy groups -OCH3 is 1. The summed E-state index contributed by atoms with van der Waals surface area (Å²) < 4.78 is 5.13. The molecule has 1 fully saturated rings. The summed E-state index contributed by atoms with van der Waals surface area (Å²) >= 11 is 0. The second kappa shape index (κ2) is 9.03. The Morgan fingerprint density at radius 2 is 1.67 bits per heavy atom. The molecule has 0 saturated heterocycles. The maximum absolute atomic E-state index is 12.8. The second-order valence-corrected chi connectivity index (χ2v) is 5.88. The van der Waals surface area contributed by atoms with E-state index in [9.17, 15) is 9.59 Å². The number of nitrogens with zero attached hydrogens (tertiary/aromatic N) is 1. The molecule has 1 saturated carbocycles. The van der Waals surface area contributed by atoms with E-state index in [0.717, 1.165) is 12.8 Å². The molecule has 0 unspecified atom stereocenters. The second-order valence-electron chi connectivity index (χ2n) is 5.88. The zero-order valence-electron chi connectivity index (χ0n) is 13.5. The predicted molar refractivity (Wildman–Crippen MR) is 81.0 cm³/mol. The number of rotatable bonds is 8. The highest BCUT2D eigenvalue weighted by molar-refractivity contribution is 5.80. The van der Waals surface area contributed by atoms with Crippen LogP contribution in [0.25, 0.3) is 0 Å². The van der Waals surface area contributed by atoms with Crippen LogP contribution in [0, 0.1) is 11.8 Å². The molecule has 0 spiro atoms. The Morgan fingerprint density at radius 1 is 1.14 bits per heavy atom. The van der Waals surface area contributed by atoms with Crippen molar-refractivity contribution in [2.45, 2.75) is 58.4 Å². The van der Waals surface area contributed by atoms with Crippen molar-refractivity contribution < 1.29 is 19.4 Å². The third kappa shape index (κ3) is 4.99. The van der Waals surface area contributed by atoms with Crippen LogP contribution < -0.4 is 0 Å². The lowest BCUT2D eigenvalue weighted by atomic mass is 9.81. The molecule has 1 aliphatic carbocycles. The molecule has 1 rings (SSSR count). The number of ether oxygens (including phenoxy) is 1. The first-order chi connectivity index (χ1) is 10.0. The lowest BCUT2D eigenvalue weighted by Crippen LogP contribution is -2.45. The zero-order valence-corrected chi connectivity index (χ0v) is 13.5. The van der Waals surface area contributed by atoms with Gasteiger partial charge < -0.3 is 14.7 Å². The quantitative estimate of drug-likeness (QED) is 0.748. The number of aliphatic carboxylic acids is 1. The van der Waals surface area contributed by atoms with E-state index >= 15 is 0 Å². The summed E-state index contributed by atoms with van der Waals surface area (Å²) in [6.07, 6.45) is 4.51. The Morgan fingerprint density at radius 3 is 2.10 bits per heavy atom. The summed E-state index contributed by atoms with van der Waals surface area (Å²) in [5.74, 6) is -0.825. The van der Waals surface area contributed by atoms with Gasteiger partial charge in [0.1, 0.15) is 0 Å². The Labute approximate surface area is 127 Å². The van der Waals surface area contributed by atoms with Crippen molar-refractivity contribution in [3.8, 4) is 0 Å². The first-order valence-corrected chi connectivity index (χ1v) is 8.07. The molecule has 0 aliphatic heterocycles. The van der Waals surface area contributed by atoms with Gasteiger partial charge in [-0.1, -0.05) is 13.8 Å². The maximum atomic E-state index is 12.8. The molecule has 1 amide bonds. The van der Waals surface area contributed by atoms with E-state index < -0.39 is 5.97 Å². The molecule has 0 aromatic heterocycles. The predicted octanol–water partition coefficient (Wildman–Crippen LogP) is 2.54. The van der Waals surface area contributed by atoms with Crippen LogP contribution in [0.1, 0.15) is 52.4 Å². The van der Waals surface area contributed by atoms with Gasteiger partial charge in [-0.2, -0.15) is 0 Å². The third-order valence-corrected chi connectivity index (χ3v) is 4.63. The van der Waals surface area contributed by atoms with Gasteiger partial charge >= 0.3 is 5.97 Å². The van der Waals surface area contributed by atoms with E-state index in [-0.39, 0.29) is 23.8 Å². The van der Waals surface area contributed by atoms with E-state index in [4.69, 9.17) is 9.84 Å². The van der Waals surface area contributed by atoms with Gasteiger partial charge in [-0.3, -0.25) is 9.59 Å². The number of carbonyl (C=O) groups is 2. The van der Waals surface area contributed by atoms with Gasteiger partial charge in [-0.25, -0.2) is 0 Å². The Hall–Kier alpha value is -1.10. The number of carboxylic acids is 1. The highest BCUT2D eigenvalue weighted by atomic mass is 16.5. The number of carboxylic acid groups (broad SMARTS) is 1. The number of carbonyl (C=O) groups excluding carboxylic acids is 1. The number of hydrogen-bond acceptors (Lipinski definition) is 3. The largest absolute Gasteiger partial charge is 0.481 e. The van der Waals surface area contributed by atoms with Crippen LogP contribution in [0.15, 0.2) is 0 Å². The van der Waals surface area contributed by atoms with Crippen molar-refractivity contribution in [2.24, 2.45) is 11.8 Å². The lowest BCUT2D eigenvalue weighted by molar-refractivity contribution is -0.146. The fourth-order valence-corrected chi connectivity index (χ4v) is 3.21. The summed E-state index contributed by atoms with van der Waals surface area (Å²) in [5, 5.41) is 9.04. The van der Waals surface area contributed by atoms with Crippen molar-refractivity contribution >= 4 is 11.9 Å². The molecular weight excluding hydrogens is 270 g/mol.